The van der Waals surface area contributed by atoms with Crippen LogP contribution in [-0.2, 0) is 0 Å². The molecular formula is C17H17FO. The zero-order valence-corrected chi connectivity index (χ0v) is 11.1. The number of hydrogen-bond donors (Lipinski definition) is 1. The molecule has 0 saturated carbocycles. The third-order valence-corrected chi connectivity index (χ3v) is 3.02. The Morgan fingerprint density at radius 2 is 1.74 bits per heavy atom. The molecule has 1 atom stereocenters. The van der Waals surface area contributed by atoms with E-state index >= 15 is 0 Å². The fourth-order valence-corrected chi connectivity index (χ4v) is 2.07. The molecule has 0 spiro atoms. The third kappa shape index (κ3) is 3.30. The second-order valence-corrected chi connectivity index (χ2v) is 4.65. The van der Waals surface area contributed by atoms with Gasteiger partial charge in [-0.2, -0.15) is 0 Å². The quantitative estimate of drug-likeness (QED) is 0.869. The summed E-state index contributed by atoms with van der Waals surface area (Å²) in [7, 11) is 0. The molecule has 19 heavy (non-hydrogen) atoms. The first-order valence-electron chi connectivity index (χ1n) is 6.30. The van der Waals surface area contributed by atoms with E-state index in [4.69, 9.17) is 0 Å². The molecular weight excluding hydrogens is 239 g/mol. The molecule has 1 nitrogen and oxygen atoms in total. The van der Waals surface area contributed by atoms with Gasteiger partial charge in [0.2, 0.25) is 0 Å². The zero-order chi connectivity index (χ0) is 13.8. The standard InChI is InChI=1S/C17H17FO/c1-12(11-13(2)19)14-7-9-15(10-8-14)16-5-3-4-6-17(16)18/h3-11,13,19H,1-2H3/b12-11+. The molecule has 1 unspecified atom stereocenters. The summed E-state index contributed by atoms with van der Waals surface area (Å²) in [6.45, 7) is 3.67. The largest absolute Gasteiger partial charge is 0.389 e. The first-order chi connectivity index (χ1) is 9.08. The number of aliphatic hydroxyl groups excluding tert-OH is 1. The molecule has 0 bridgehead atoms. The van der Waals surface area contributed by atoms with Gasteiger partial charge in [-0.05, 0) is 36.6 Å². The van der Waals surface area contributed by atoms with Gasteiger partial charge in [0.1, 0.15) is 5.82 Å². The van der Waals surface area contributed by atoms with Crippen molar-refractivity contribution in [1.29, 1.82) is 0 Å². The molecule has 0 saturated heterocycles. The lowest BCUT2D eigenvalue weighted by molar-refractivity contribution is 0.244. The van der Waals surface area contributed by atoms with Crippen molar-refractivity contribution < 1.29 is 9.50 Å². The average Bonchev–Trinajstić information content (AvgIpc) is 2.39. The van der Waals surface area contributed by atoms with Crippen LogP contribution in [-0.4, -0.2) is 11.2 Å². The third-order valence-electron chi connectivity index (χ3n) is 3.02. The Balaban J connectivity index is 2.32. The number of hydrogen-bond acceptors (Lipinski definition) is 1. The highest BCUT2D eigenvalue weighted by Crippen LogP contribution is 2.24. The van der Waals surface area contributed by atoms with Crippen molar-refractivity contribution in [1.82, 2.24) is 0 Å². The summed E-state index contributed by atoms with van der Waals surface area (Å²) in [5.41, 5.74) is 3.49. The number of rotatable bonds is 3. The van der Waals surface area contributed by atoms with Crippen LogP contribution in [0.5, 0.6) is 0 Å². The van der Waals surface area contributed by atoms with E-state index < -0.39 is 6.10 Å². The summed E-state index contributed by atoms with van der Waals surface area (Å²) in [6.07, 6.45) is 1.32. The lowest BCUT2D eigenvalue weighted by Gasteiger charge is -2.07. The minimum atomic E-state index is -0.466. The second kappa shape index (κ2) is 5.81. The van der Waals surface area contributed by atoms with Crippen molar-refractivity contribution in [2.45, 2.75) is 20.0 Å². The Hall–Kier alpha value is -1.93. The lowest BCUT2D eigenvalue weighted by atomic mass is 10.00. The summed E-state index contributed by atoms with van der Waals surface area (Å²) in [6, 6.07) is 14.4. The van der Waals surface area contributed by atoms with Crippen LogP contribution in [0, 0.1) is 5.82 Å². The number of halogens is 1. The first-order valence-corrected chi connectivity index (χ1v) is 6.30. The minimum absolute atomic E-state index is 0.216. The van der Waals surface area contributed by atoms with Gasteiger partial charge in [-0.3, -0.25) is 0 Å². The molecule has 98 valence electrons. The maximum absolute atomic E-state index is 13.7. The molecule has 0 radical (unpaired) electrons. The van der Waals surface area contributed by atoms with Gasteiger partial charge < -0.3 is 5.11 Å². The van der Waals surface area contributed by atoms with Crippen LogP contribution in [0.25, 0.3) is 16.7 Å². The van der Waals surface area contributed by atoms with Crippen LogP contribution < -0.4 is 0 Å². The summed E-state index contributed by atoms with van der Waals surface area (Å²) in [5.74, 6) is -0.216. The first kappa shape index (κ1) is 13.5. The van der Waals surface area contributed by atoms with E-state index in [0.717, 1.165) is 16.7 Å². The van der Waals surface area contributed by atoms with Crippen molar-refractivity contribution in [3.63, 3.8) is 0 Å². The topological polar surface area (TPSA) is 20.2 Å². The predicted octanol–water partition coefficient (Wildman–Crippen LogP) is 4.28. The SMILES string of the molecule is C/C(=C\C(C)O)c1ccc(-c2ccccc2F)cc1. The predicted molar refractivity (Wildman–Crippen MR) is 77.2 cm³/mol. The fourth-order valence-electron chi connectivity index (χ4n) is 2.07. The highest BCUT2D eigenvalue weighted by molar-refractivity contribution is 5.70. The average molecular weight is 256 g/mol. The van der Waals surface area contributed by atoms with E-state index in [1.165, 1.54) is 6.07 Å². The molecule has 2 heteroatoms. The molecule has 0 aliphatic heterocycles. The van der Waals surface area contributed by atoms with E-state index in [-0.39, 0.29) is 5.82 Å². The minimum Gasteiger partial charge on any atom is -0.389 e. The number of benzene rings is 2. The zero-order valence-electron chi connectivity index (χ0n) is 11.1. The van der Waals surface area contributed by atoms with Gasteiger partial charge in [0.15, 0.2) is 0 Å². The summed E-state index contributed by atoms with van der Waals surface area (Å²) >= 11 is 0. The van der Waals surface area contributed by atoms with Gasteiger partial charge in [-0.1, -0.05) is 48.5 Å². The Morgan fingerprint density at radius 1 is 1.11 bits per heavy atom. The van der Waals surface area contributed by atoms with Crippen molar-refractivity contribution in [3.05, 3.63) is 66.0 Å². The van der Waals surface area contributed by atoms with Crippen LogP contribution in [0.4, 0.5) is 4.39 Å². The highest BCUT2D eigenvalue weighted by atomic mass is 19.1. The summed E-state index contributed by atoms with van der Waals surface area (Å²) < 4.78 is 13.7. The Kier molecular flexibility index (Phi) is 4.13. The molecule has 2 aromatic rings. The molecule has 0 amide bonds. The number of aliphatic hydroxyl groups is 1. The monoisotopic (exact) mass is 256 g/mol. The highest BCUT2D eigenvalue weighted by Gasteiger charge is 2.04. The van der Waals surface area contributed by atoms with Crippen molar-refractivity contribution in [3.8, 4) is 11.1 Å². The molecule has 2 rings (SSSR count). The van der Waals surface area contributed by atoms with Gasteiger partial charge in [0, 0.05) is 5.56 Å². The molecule has 0 fully saturated rings. The molecule has 0 aliphatic carbocycles. The van der Waals surface area contributed by atoms with Crippen LogP contribution in [0.15, 0.2) is 54.6 Å². The van der Waals surface area contributed by atoms with E-state index in [2.05, 4.69) is 0 Å². The number of allylic oxidation sites excluding steroid dienone is 1. The smallest absolute Gasteiger partial charge is 0.131 e. The Morgan fingerprint density at radius 3 is 2.32 bits per heavy atom. The van der Waals surface area contributed by atoms with E-state index in [9.17, 15) is 9.50 Å². The Bertz CT molecular complexity index is 582. The lowest BCUT2D eigenvalue weighted by Crippen LogP contribution is -1.94. The Labute approximate surface area is 113 Å². The van der Waals surface area contributed by atoms with Crippen molar-refractivity contribution in [2.24, 2.45) is 0 Å². The van der Waals surface area contributed by atoms with Crippen LogP contribution in [0.1, 0.15) is 19.4 Å². The van der Waals surface area contributed by atoms with E-state index in [1.807, 2.05) is 37.3 Å². The van der Waals surface area contributed by atoms with Gasteiger partial charge in [-0.25, -0.2) is 4.39 Å². The molecule has 0 heterocycles. The van der Waals surface area contributed by atoms with Crippen LogP contribution >= 0.6 is 0 Å². The van der Waals surface area contributed by atoms with Gasteiger partial charge >= 0.3 is 0 Å². The van der Waals surface area contributed by atoms with Crippen molar-refractivity contribution in [2.75, 3.05) is 0 Å². The van der Waals surface area contributed by atoms with Gasteiger partial charge in [0.25, 0.3) is 0 Å². The van der Waals surface area contributed by atoms with E-state index in [0.29, 0.717) is 5.56 Å². The second-order valence-electron chi connectivity index (χ2n) is 4.65. The normalized spacial score (nSPS) is 13.4. The van der Waals surface area contributed by atoms with Crippen LogP contribution in [0.2, 0.25) is 0 Å². The molecule has 1 N–H and O–H groups in total. The fraction of sp³-hybridized carbons (Fsp3) is 0.176. The maximum Gasteiger partial charge on any atom is 0.131 e. The maximum atomic E-state index is 13.7. The summed E-state index contributed by atoms with van der Waals surface area (Å²) in [4.78, 5) is 0. The van der Waals surface area contributed by atoms with Crippen LogP contribution in [0.3, 0.4) is 0 Å². The van der Waals surface area contributed by atoms with Gasteiger partial charge in [-0.15, -0.1) is 0 Å². The van der Waals surface area contributed by atoms with Crippen molar-refractivity contribution >= 4 is 5.57 Å². The van der Waals surface area contributed by atoms with Gasteiger partial charge in [0.05, 0.1) is 6.10 Å². The molecule has 2 aromatic carbocycles. The van der Waals surface area contributed by atoms with E-state index in [1.54, 1.807) is 25.1 Å². The molecule has 0 aliphatic rings. The molecule has 0 aromatic heterocycles. The summed E-state index contributed by atoms with van der Waals surface area (Å²) in [5, 5.41) is 9.33.